The predicted molar refractivity (Wildman–Crippen MR) is 82.5 cm³/mol. The van der Waals surface area contributed by atoms with Gasteiger partial charge < -0.3 is 0 Å². The van der Waals surface area contributed by atoms with Crippen LogP contribution < -0.4 is 4.46 Å². The van der Waals surface area contributed by atoms with Gasteiger partial charge in [-0.2, -0.15) is 0 Å². The number of carbonyl (C=O) groups excluding carboxylic acids is 1. The Morgan fingerprint density at radius 2 is 2.22 bits per heavy atom. The molecule has 2 nitrogen and oxygen atoms in total. The summed E-state index contributed by atoms with van der Waals surface area (Å²) in [5.74, 6) is -0.00916. The molecule has 1 aliphatic rings. The SMILES string of the molecule is C/C(=C/I)C[C@@H]1CC([Se]c2ccccc2)C(=O)O1. The molecule has 0 aromatic heterocycles. The van der Waals surface area contributed by atoms with Gasteiger partial charge in [0.15, 0.2) is 0 Å². The fourth-order valence-corrected chi connectivity index (χ4v) is 4.49. The van der Waals surface area contributed by atoms with E-state index in [1.54, 1.807) is 0 Å². The van der Waals surface area contributed by atoms with Crippen molar-refractivity contribution >= 4 is 48.0 Å². The van der Waals surface area contributed by atoms with Crippen LogP contribution in [0, 0.1) is 0 Å². The Morgan fingerprint density at radius 3 is 2.89 bits per heavy atom. The summed E-state index contributed by atoms with van der Waals surface area (Å²) in [4.78, 5) is 11.9. The molecule has 1 heterocycles. The third-order valence-electron chi connectivity index (χ3n) is 2.78. The minimum atomic E-state index is -0.00916. The maximum absolute atomic E-state index is 11.8. The van der Waals surface area contributed by atoms with Gasteiger partial charge in [0.1, 0.15) is 0 Å². The standard InChI is InChI=1S/C14H15IO2Se/c1-10(9-15)7-11-8-13(14(16)17-11)18-12-5-3-2-4-6-12/h2-6,9,11,13H,7-8H2,1H3/b10-9-/t11-,13?/m1/s1. The Labute approximate surface area is 127 Å². The predicted octanol–water partition coefficient (Wildman–Crippen LogP) is 2.85. The van der Waals surface area contributed by atoms with Gasteiger partial charge in [-0.05, 0) is 0 Å². The van der Waals surface area contributed by atoms with Crippen molar-refractivity contribution in [1.29, 1.82) is 0 Å². The average molecular weight is 421 g/mol. The van der Waals surface area contributed by atoms with Crippen LogP contribution in [0.4, 0.5) is 0 Å². The molecule has 0 bridgehead atoms. The summed E-state index contributed by atoms with van der Waals surface area (Å²) in [6.07, 6.45) is 1.82. The number of halogens is 1. The van der Waals surface area contributed by atoms with Crippen LogP contribution in [0.1, 0.15) is 19.8 Å². The van der Waals surface area contributed by atoms with E-state index in [2.05, 4.69) is 45.7 Å². The van der Waals surface area contributed by atoms with Crippen LogP contribution in [-0.2, 0) is 9.53 Å². The number of benzene rings is 1. The van der Waals surface area contributed by atoms with Crippen LogP contribution in [0.2, 0.25) is 4.82 Å². The molecular weight excluding hydrogens is 406 g/mol. The van der Waals surface area contributed by atoms with Gasteiger partial charge in [-0.1, -0.05) is 0 Å². The molecule has 0 N–H and O–H groups in total. The Bertz CT molecular complexity index is 444. The monoisotopic (exact) mass is 422 g/mol. The second-order valence-corrected chi connectivity index (χ2v) is 7.67. The first kappa shape index (κ1) is 14.1. The quantitative estimate of drug-likeness (QED) is 0.425. The van der Waals surface area contributed by atoms with E-state index in [0.29, 0.717) is 0 Å². The zero-order valence-corrected chi connectivity index (χ0v) is 14.0. The van der Waals surface area contributed by atoms with Crippen molar-refractivity contribution in [2.45, 2.75) is 30.7 Å². The zero-order valence-electron chi connectivity index (χ0n) is 10.1. The molecule has 2 atom stereocenters. The number of hydrogen-bond donors (Lipinski definition) is 0. The molecule has 1 fully saturated rings. The fourth-order valence-electron chi connectivity index (χ4n) is 1.91. The minimum absolute atomic E-state index is 0.00916. The van der Waals surface area contributed by atoms with E-state index in [-0.39, 0.29) is 31.8 Å². The van der Waals surface area contributed by atoms with Crippen LogP contribution in [0.25, 0.3) is 0 Å². The molecule has 0 aliphatic carbocycles. The number of rotatable bonds is 4. The summed E-state index contributed by atoms with van der Waals surface area (Å²) in [5.41, 5.74) is 1.28. The Morgan fingerprint density at radius 1 is 1.50 bits per heavy atom. The van der Waals surface area contributed by atoms with Gasteiger partial charge in [0, 0.05) is 0 Å². The first-order valence-electron chi connectivity index (χ1n) is 5.87. The van der Waals surface area contributed by atoms with Crippen molar-refractivity contribution < 1.29 is 9.53 Å². The summed E-state index contributed by atoms with van der Waals surface area (Å²) < 4.78 is 8.78. The topological polar surface area (TPSA) is 26.3 Å². The molecule has 1 aromatic rings. The van der Waals surface area contributed by atoms with E-state index in [0.717, 1.165) is 12.8 Å². The molecule has 0 radical (unpaired) electrons. The summed E-state index contributed by atoms with van der Waals surface area (Å²) in [6.45, 7) is 2.08. The number of cyclic esters (lactones) is 1. The molecule has 1 saturated heterocycles. The van der Waals surface area contributed by atoms with Crippen LogP contribution in [0.5, 0.6) is 0 Å². The Hall–Kier alpha value is -0.321. The van der Waals surface area contributed by atoms with Gasteiger partial charge >= 0.3 is 128 Å². The third kappa shape index (κ3) is 3.84. The van der Waals surface area contributed by atoms with Gasteiger partial charge in [0.05, 0.1) is 0 Å². The molecule has 96 valence electrons. The molecule has 1 unspecified atom stereocenters. The van der Waals surface area contributed by atoms with Crippen molar-refractivity contribution in [2.24, 2.45) is 0 Å². The van der Waals surface area contributed by atoms with E-state index in [4.69, 9.17) is 4.74 Å². The molecule has 1 aliphatic heterocycles. The second-order valence-electron chi connectivity index (χ2n) is 4.37. The second kappa shape index (κ2) is 6.73. The van der Waals surface area contributed by atoms with Gasteiger partial charge in [-0.3, -0.25) is 0 Å². The number of ether oxygens (including phenoxy) is 1. The number of carbonyl (C=O) groups is 1. The Balaban J connectivity index is 1.93. The van der Waals surface area contributed by atoms with Crippen molar-refractivity contribution in [3.8, 4) is 0 Å². The van der Waals surface area contributed by atoms with E-state index < -0.39 is 0 Å². The molecule has 2 rings (SSSR count). The van der Waals surface area contributed by atoms with Crippen molar-refractivity contribution in [3.05, 3.63) is 40.0 Å². The molecular formula is C14H15IO2Se. The molecule has 1 aromatic carbocycles. The van der Waals surface area contributed by atoms with Crippen LogP contribution in [-0.4, -0.2) is 27.0 Å². The van der Waals surface area contributed by atoms with Crippen LogP contribution in [0.3, 0.4) is 0 Å². The van der Waals surface area contributed by atoms with Crippen LogP contribution >= 0.6 is 22.6 Å². The zero-order chi connectivity index (χ0) is 13.0. The summed E-state index contributed by atoms with van der Waals surface area (Å²) in [6, 6.07) is 10.2. The molecule has 0 amide bonds. The van der Waals surface area contributed by atoms with Gasteiger partial charge in [0.25, 0.3) is 0 Å². The summed E-state index contributed by atoms with van der Waals surface area (Å²) >= 11 is 2.42. The summed E-state index contributed by atoms with van der Waals surface area (Å²) in [5, 5.41) is 0. The molecule has 0 spiro atoms. The molecule has 0 saturated carbocycles. The number of esters is 1. The van der Waals surface area contributed by atoms with Crippen LogP contribution in [0.15, 0.2) is 40.0 Å². The first-order chi connectivity index (χ1) is 8.69. The molecule has 18 heavy (non-hydrogen) atoms. The van der Waals surface area contributed by atoms with Gasteiger partial charge in [-0.25, -0.2) is 0 Å². The fraction of sp³-hybridized carbons (Fsp3) is 0.357. The number of hydrogen-bond acceptors (Lipinski definition) is 2. The first-order valence-corrected chi connectivity index (χ1v) is 8.96. The van der Waals surface area contributed by atoms with E-state index >= 15 is 0 Å². The average Bonchev–Trinajstić information content (AvgIpc) is 2.71. The van der Waals surface area contributed by atoms with E-state index in [9.17, 15) is 4.79 Å². The maximum atomic E-state index is 11.8. The van der Waals surface area contributed by atoms with Crippen molar-refractivity contribution in [1.82, 2.24) is 0 Å². The van der Waals surface area contributed by atoms with Gasteiger partial charge in [-0.15, -0.1) is 0 Å². The van der Waals surface area contributed by atoms with Crippen molar-refractivity contribution in [2.75, 3.05) is 0 Å². The van der Waals surface area contributed by atoms with Gasteiger partial charge in [0.2, 0.25) is 0 Å². The third-order valence-corrected chi connectivity index (χ3v) is 6.39. The van der Waals surface area contributed by atoms with E-state index in [1.807, 2.05) is 18.2 Å². The molecule has 4 heteroatoms. The van der Waals surface area contributed by atoms with E-state index in [1.165, 1.54) is 10.0 Å². The summed E-state index contributed by atoms with van der Waals surface area (Å²) in [7, 11) is 0. The normalized spacial score (nSPS) is 24.1. The van der Waals surface area contributed by atoms with Crippen molar-refractivity contribution in [3.63, 3.8) is 0 Å². The Kier molecular flexibility index (Phi) is 5.27.